The van der Waals surface area contributed by atoms with Crippen molar-refractivity contribution < 1.29 is 0 Å². The molecular formula is C7H11N. The van der Waals surface area contributed by atoms with Gasteiger partial charge in [-0.15, -0.1) is 0 Å². The van der Waals surface area contributed by atoms with Crippen LogP contribution >= 0.6 is 0 Å². The molecular weight excluding hydrogens is 98.1 g/mol. The fraction of sp³-hybridized carbons (Fsp3) is 0.429. The lowest BCUT2D eigenvalue weighted by atomic mass is 10.0. The first-order valence-corrected chi connectivity index (χ1v) is 2.87. The Kier molecular flexibility index (Phi) is 1.49. The predicted molar refractivity (Wildman–Crippen MR) is 35.8 cm³/mol. The van der Waals surface area contributed by atoms with Gasteiger partial charge in [0.25, 0.3) is 0 Å². The number of piperidine rings is 1. The van der Waals surface area contributed by atoms with E-state index in [2.05, 4.69) is 18.5 Å². The highest BCUT2D eigenvalue weighted by Gasteiger charge is 2.04. The van der Waals surface area contributed by atoms with Crippen LogP contribution in [0.25, 0.3) is 0 Å². The van der Waals surface area contributed by atoms with Gasteiger partial charge in [-0.3, -0.25) is 0 Å². The normalized spacial score (nSPS) is 21.5. The van der Waals surface area contributed by atoms with E-state index in [0.29, 0.717) is 0 Å². The summed E-state index contributed by atoms with van der Waals surface area (Å²) in [5, 5.41) is 3.20. The molecule has 0 unspecified atom stereocenters. The third-order valence-corrected chi connectivity index (χ3v) is 1.44. The number of rotatable bonds is 0. The summed E-state index contributed by atoms with van der Waals surface area (Å²) in [6.45, 7) is 9.69. The molecule has 0 aliphatic carbocycles. The van der Waals surface area contributed by atoms with Gasteiger partial charge in [0.05, 0.1) is 0 Å². The minimum atomic E-state index is 0.929. The molecule has 1 N–H and O–H groups in total. The molecule has 0 aromatic rings. The fourth-order valence-electron chi connectivity index (χ4n) is 0.780. The minimum absolute atomic E-state index is 0.929. The van der Waals surface area contributed by atoms with Crippen LogP contribution in [-0.2, 0) is 0 Å². The second-order valence-electron chi connectivity index (χ2n) is 2.13. The van der Waals surface area contributed by atoms with Crippen molar-refractivity contribution in [3.63, 3.8) is 0 Å². The quantitative estimate of drug-likeness (QED) is 0.491. The minimum Gasteiger partial charge on any atom is -0.312 e. The summed E-state index contributed by atoms with van der Waals surface area (Å²) in [5.74, 6) is 0. The Morgan fingerprint density at radius 3 is 2.38 bits per heavy atom. The standard InChI is InChI=1S/C7H11N/c1-6-3-4-8-5-7(6)2/h8H,1-5H2. The van der Waals surface area contributed by atoms with E-state index in [1.54, 1.807) is 0 Å². The van der Waals surface area contributed by atoms with E-state index in [9.17, 15) is 0 Å². The Morgan fingerprint density at radius 2 is 2.00 bits per heavy atom. The molecule has 1 heteroatoms. The summed E-state index contributed by atoms with van der Waals surface area (Å²) >= 11 is 0. The molecule has 0 atom stereocenters. The molecule has 0 aromatic carbocycles. The van der Waals surface area contributed by atoms with E-state index in [1.165, 1.54) is 5.57 Å². The molecule has 1 nitrogen and oxygen atoms in total. The lowest BCUT2D eigenvalue weighted by molar-refractivity contribution is 0.686. The fourth-order valence-corrected chi connectivity index (χ4v) is 0.780. The molecule has 0 amide bonds. The molecule has 1 saturated heterocycles. The molecule has 0 bridgehead atoms. The maximum absolute atomic E-state index is 3.86. The summed E-state index contributed by atoms with van der Waals surface area (Å²) in [5.41, 5.74) is 2.38. The van der Waals surface area contributed by atoms with Crippen molar-refractivity contribution in [3.05, 3.63) is 24.3 Å². The average molecular weight is 109 g/mol. The number of nitrogens with one attached hydrogen (secondary N) is 1. The Balaban J connectivity index is 2.52. The van der Waals surface area contributed by atoms with Crippen molar-refractivity contribution in [2.75, 3.05) is 13.1 Å². The molecule has 44 valence electrons. The molecule has 0 aromatic heterocycles. The van der Waals surface area contributed by atoms with Gasteiger partial charge in [0.2, 0.25) is 0 Å². The van der Waals surface area contributed by atoms with Gasteiger partial charge in [0.15, 0.2) is 0 Å². The maximum Gasteiger partial charge on any atom is 0.0202 e. The van der Waals surface area contributed by atoms with E-state index in [4.69, 9.17) is 0 Å². The molecule has 1 heterocycles. The van der Waals surface area contributed by atoms with Crippen LogP contribution in [0.1, 0.15) is 6.42 Å². The van der Waals surface area contributed by atoms with Crippen molar-refractivity contribution in [2.45, 2.75) is 6.42 Å². The predicted octanol–water partition coefficient (Wildman–Crippen LogP) is 1.09. The first-order valence-electron chi connectivity index (χ1n) is 2.87. The van der Waals surface area contributed by atoms with E-state index in [-0.39, 0.29) is 0 Å². The molecule has 0 radical (unpaired) electrons. The first kappa shape index (κ1) is 5.57. The summed E-state index contributed by atoms with van der Waals surface area (Å²) in [6, 6.07) is 0. The third-order valence-electron chi connectivity index (χ3n) is 1.44. The second kappa shape index (κ2) is 2.14. The van der Waals surface area contributed by atoms with Gasteiger partial charge in [-0.25, -0.2) is 0 Å². The summed E-state index contributed by atoms with van der Waals surface area (Å²) in [7, 11) is 0. The second-order valence-corrected chi connectivity index (χ2v) is 2.13. The number of hydrogen-bond acceptors (Lipinski definition) is 1. The average Bonchev–Trinajstić information content (AvgIpc) is 1.77. The van der Waals surface area contributed by atoms with Crippen LogP contribution in [-0.4, -0.2) is 13.1 Å². The third kappa shape index (κ3) is 0.984. The smallest absolute Gasteiger partial charge is 0.0202 e. The molecule has 0 spiro atoms. The van der Waals surface area contributed by atoms with Crippen molar-refractivity contribution in [1.82, 2.24) is 5.32 Å². The monoisotopic (exact) mass is 109 g/mol. The lowest BCUT2D eigenvalue weighted by Crippen LogP contribution is -2.24. The first-order chi connectivity index (χ1) is 3.80. The van der Waals surface area contributed by atoms with Gasteiger partial charge in [-0.05, 0) is 18.5 Å². The summed E-state index contributed by atoms with van der Waals surface area (Å²) < 4.78 is 0. The molecule has 8 heavy (non-hydrogen) atoms. The van der Waals surface area contributed by atoms with Crippen LogP contribution < -0.4 is 5.32 Å². The molecule has 1 rings (SSSR count). The van der Waals surface area contributed by atoms with Gasteiger partial charge < -0.3 is 5.32 Å². The van der Waals surface area contributed by atoms with E-state index in [0.717, 1.165) is 25.1 Å². The summed E-state index contributed by atoms with van der Waals surface area (Å²) in [6.07, 6.45) is 1.07. The lowest BCUT2D eigenvalue weighted by Gasteiger charge is -2.16. The van der Waals surface area contributed by atoms with Crippen molar-refractivity contribution in [1.29, 1.82) is 0 Å². The Hall–Kier alpha value is -0.560. The van der Waals surface area contributed by atoms with E-state index < -0.39 is 0 Å². The van der Waals surface area contributed by atoms with Crippen LogP contribution in [0.5, 0.6) is 0 Å². The van der Waals surface area contributed by atoms with Crippen molar-refractivity contribution in [2.24, 2.45) is 0 Å². The van der Waals surface area contributed by atoms with Gasteiger partial charge in [-0.2, -0.15) is 0 Å². The zero-order chi connectivity index (χ0) is 5.98. The van der Waals surface area contributed by atoms with Gasteiger partial charge in [-0.1, -0.05) is 18.7 Å². The Morgan fingerprint density at radius 1 is 1.25 bits per heavy atom. The topological polar surface area (TPSA) is 12.0 Å². The van der Waals surface area contributed by atoms with Crippen molar-refractivity contribution >= 4 is 0 Å². The Labute approximate surface area is 50.1 Å². The van der Waals surface area contributed by atoms with Crippen molar-refractivity contribution in [3.8, 4) is 0 Å². The number of hydrogen-bond donors (Lipinski definition) is 1. The van der Waals surface area contributed by atoms with E-state index in [1.807, 2.05) is 0 Å². The zero-order valence-electron chi connectivity index (χ0n) is 5.04. The van der Waals surface area contributed by atoms with Crippen LogP contribution in [0.2, 0.25) is 0 Å². The van der Waals surface area contributed by atoms with E-state index >= 15 is 0 Å². The summed E-state index contributed by atoms with van der Waals surface area (Å²) in [4.78, 5) is 0. The molecule has 0 saturated carbocycles. The molecule has 1 aliphatic heterocycles. The molecule has 1 aliphatic rings. The largest absolute Gasteiger partial charge is 0.312 e. The van der Waals surface area contributed by atoms with Gasteiger partial charge >= 0.3 is 0 Å². The highest BCUT2D eigenvalue weighted by atomic mass is 14.9. The van der Waals surface area contributed by atoms with Crippen LogP contribution in [0.4, 0.5) is 0 Å². The zero-order valence-corrected chi connectivity index (χ0v) is 5.04. The van der Waals surface area contributed by atoms with Crippen LogP contribution in [0.15, 0.2) is 24.3 Å². The van der Waals surface area contributed by atoms with Gasteiger partial charge in [0.1, 0.15) is 0 Å². The van der Waals surface area contributed by atoms with Gasteiger partial charge in [0, 0.05) is 6.54 Å². The molecule has 1 fully saturated rings. The van der Waals surface area contributed by atoms with Crippen LogP contribution in [0, 0.1) is 0 Å². The Bertz CT molecular complexity index is 108. The SMILES string of the molecule is C=C1CCNCC1=C. The highest BCUT2D eigenvalue weighted by molar-refractivity contribution is 5.28. The maximum atomic E-state index is 3.86. The highest BCUT2D eigenvalue weighted by Crippen LogP contribution is 2.11. The van der Waals surface area contributed by atoms with Crippen LogP contribution in [0.3, 0.4) is 0 Å².